The number of nitrogens with one attached hydrogen (secondary N) is 3. The van der Waals surface area contributed by atoms with Crippen molar-refractivity contribution in [1.29, 1.82) is 0 Å². The lowest BCUT2D eigenvalue weighted by Crippen LogP contribution is -2.52. The number of benzene rings is 1. The third kappa shape index (κ3) is 6.02. The molecule has 1 saturated heterocycles. The zero-order chi connectivity index (χ0) is 19.8. The predicted octanol–water partition coefficient (Wildman–Crippen LogP) is -0.211. The lowest BCUT2D eigenvalue weighted by Gasteiger charge is -2.23. The summed E-state index contributed by atoms with van der Waals surface area (Å²) in [6, 6.07) is 7.87. The van der Waals surface area contributed by atoms with E-state index < -0.39 is 6.04 Å². The highest BCUT2D eigenvalue weighted by Gasteiger charge is 2.27. The summed E-state index contributed by atoms with van der Waals surface area (Å²) < 4.78 is 0. The maximum absolute atomic E-state index is 12.8. The van der Waals surface area contributed by atoms with Gasteiger partial charge in [0, 0.05) is 19.1 Å². The molecule has 2 amide bonds. The first-order valence-electron chi connectivity index (χ1n) is 10.5. The first kappa shape index (κ1) is 20.8. The number of amides is 2. The number of nitrogens with two attached hydrogens (primary N) is 1. The Morgan fingerprint density at radius 3 is 2.64 bits per heavy atom. The molecule has 5 N–H and O–H groups in total. The Morgan fingerprint density at radius 1 is 1.18 bits per heavy atom. The quantitative estimate of drug-likeness (QED) is 0.495. The van der Waals surface area contributed by atoms with Crippen LogP contribution < -0.4 is 21.7 Å². The van der Waals surface area contributed by atoms with Crippen molar-refractivity contribution in [1.82, 2.24) is 20.9 Å². The average molecular weight is 388 g/mol. The average Bonchev–Trinajstić information content (AvgIpc) is 2.91. The molecule has 7 heteroatoms. The van der Waals surface area contributed by atoms with Crippen molar-refractivity contribution in [2.24, 2.45) is 5.73 Å². The van der Waals surface area contributed by atoms with Gasteiger partial charge in [-0.3, -0.25) is 14.5 Å². The number of carbonyl (C=O) groups excluding carboxylic acids is 2. The third-order valence-corrected chi connectivity index (χ3v) is 5.55. The molecule has 1 aromatic rings. The summed E-state index contributed by atoms with van der Waals surface area (Å²) in [5.41, 5.74) is 8.23. The molecule has 1 unspecified atom stereocenters. The minimum atomic E-state index is -0.523. The second-order valence-electron chi connectivity index (χ2n) is 7.81. The van der Waals surface area contributed by atoms with Gasteiger partial charge in [-0.25, -0.2) is 0 Å². The van der Waals surface area contributed by atoms with Crippen LogP contribution in [0.15, 0.2) is 24.3 Å². The maximum Gasteiger partial charge on any atom is 0.242 e. The van der Waals surface area contributed by atoms with Gasteiger partial charge in [0.15, 0.2) is 0 Å². The van der Waals surface area contributed by atoms with Gasteiger partial charge in [0.25, 0.3) is 0 Å². The standard InChI is InChI=1S/C21H33N5O2/c22-8-3-7-19(25-20(27)15-26-11-4-9-23-10-12-26)21(28)24-18-13-16-5-1-2-6-17(16)14-18/h1-2,5-6,18-19,23H,3-4,7-15,22H2,(H,24,28)(H,25,27). The molecule has 1 atom stereocenters. The van der Waals surface area contributed by atoms with E-state index >= 15 is 0 Å². The molecule has 0 bridgehead atoms. The van der Waals surface area contributed by atoms with Crippen molar-refractivity contribution in [3.05, 3.63) is 35.4 Å². The van der Waals surface area contributed by atoms with Crippen LogP contribution >= 0.6 is 0 Å². The number of carbonyl (C=O) groups is 2. The number of hydrogen-bond donors (Lipinski definition) is 4. The molecule has 0 aromatic heterocycles. The van der Waals surface area contributed by atoms with Crippen LogP contribution in [0.4, 0.5) is 0 Å². The van der Waals surface area contributed by atoms with E-state index in [0.717, 1.165) is 45.4 Å². The summed E-state index contributed by atoms with van der Waals surface area (Å²) >= 11 is 0. The largest absolute Gasteiger partial charge is 0.351 e. The van der Waals surface area contributed by atoms with Crippen molar-refractivity contribution in [3.63, 3.8) is 0 Å². The highest BCUT2D eigenvalue weighted by Crippen LogP contribution is 2.21. The van der Waals surface area contributed by atoms with Crippen molar-refractivity contribution in [2.75, 3.05) is 39.3 Å². The fourth-order valence-corrected chi connectivity index (χ4v) is 4.06. The van der Waals surface area contributed by atoms with E-state index in [4.69, 9.17) is 5.73 Å². The van der Waals surface area contributed by atoms with Crippen molar-refractivity contribution in [2.45, 2.75) is 44.2 Å². The lowest BCUT2D eigenvalue weighted by atomic mass is 10.1. The van der Waals surface area contributed by atoms with E-state index in [2.05, 4.69) is 33.0 Å². The van der Waals surface area contributed by atoms with Gasteiger partial charge in [-0.1, -0.05) is 24.3 Å². The monoisotopic (exact) mass is 387 g/mol. The van der Waals surface area contributed by atoms with Crippen molar-refractivity contribution < 1.29 is 9.59 Å². The number of nitrogens with zero attached hydrogens (tertiary/aromatic N) is 1. The Balaban J connectivity index is 1.52. The molecule has 2 aliphatic rings. The molecule has 0 spiro atoms. The van der Waals surface area contributed by atoms with E-state index in [-0.39, 0.29) is 17.9 Å². The first-order chi connectivity index (χ1) is 13.7. The molecule has 0 saturated carbocycles. The topological polar surface area (TPSA) is 99.5 Å². The summed E-state index contributed by atoms with van der Waals surface area (Å²) in [5, 5.41) is 9.42. The smallest absolute Gasteiger partial charge is 0.242 e. The SMILES string of the molecule is NCCCC(NC(=O)CN1CCCNCC1)C(=O)NC1Cc2ccccc2C1. The van der Waals surface area contributed by atoms with Gasteiger partial charge in [-0.2, -0.15) is 0 Å². The fourth-order valence-electron chi connectivity index (χ4n) is 4.06. The normalized spacial score (nSPS) is 18.9. The van der Waals surface area contributed by atoms with Crippen molar-refractivity contribution >= 4 is 11.8 Å². The zero-order valence-electron chi connectivity index (χ0n) is 16.6. The van der Waals surface area contributed by atoms with Gasteiger partial charge in [0.1, 0.15) is 6.04 Å². The molecule has 1 aromatic carbocycles. The van der Waals surface area contributed by atoms with Gasteiger partial charge in [0.2, 0.25) is 11.8 Å². The van der Waals surface area contributed by atoms with Crippen LogP contribution in [0.5, 0.6) is 0 Å². The molecule has 1 aliphatic heterocycles. The van der Waals surface area contributed by atoms with E-state index in [0.29, 0.717) is 25.9 Å². The Labute approximate surface area is 167 Å². The number of hydrogen-bond acceptors (Lipinski definition) is 5. The van der Waals surface area contributed by atoms with Crippen LogP contribution in [0.25, 0.3) is 0 Å². The summed E-state index contributed by atoms with van der Waals surface area (Å²) in [4.78, 5) is 27.5. The minimum absolute atomic E-state index is 0.0891. The number of fused-ring (bicyclic) bond motifs is 1. The summed E-state index contributed by atoms with van der Waals surface area (Å²) in [5.74, 6) is -0.189. The molecule has 1 heterocycles. The third-order valence-electron chi connectivity index (χ3n) is 5.55. The van der Waals surface area contributed by atoms with E-state index in [9.17, 15) is 9.59 Å². The van der Waals surface area contributed by atoms with Crippen LogP contribution in [-0.2, 0) is 22.4 Å². The molecule has 0 radical (unpaired) electrons. The van der Waals surface area contributed by atoms with Gasteiger partial charge in [0.05, 0.1) is 6.54 Å². The van der Waals surface area contributed by atoms with Crippen LogP contribution in [0.3, 0.4) is 0 Å². The zero-order valence-corrected chi connectivity index (χ0v) is 16.6. The van der Waals surface area contributed by atoms with Gasteiger partial charge in [-0.15, -0.1) is 0 Å². The highest BCUT2D eigenvalue weighted by molar-refractivity contribution is 5.88. The van der Waals surface area contributed by atoms with E-state index in [1.54, 1.807) is 0 Å². The second-order valence-corrected chi connectivity index (χ2v) is 7.81. The molecule has 154 valence electrons. The maximum atomic E-state index is 12.8. The second kappa shape index (κ2) is 10.5. The van der Waals surface area contributed by atoms with Crippen LogP contribution in [0.2, 0.25) is 0 Å². The van der Waals surface area contributed by atoms with Gasteiger partial charge in [-0.05, 0) is 62.9 Å². The lowest BCUT2D eigenvalue weighted by molar-refractivity contribution is -0.130. The molecular weight excluding hydrogens is 354 g/mol. The molecule has 28 heavy (non-hydrogen) atoms. The Kier molecular flexibility index (Phi) is 7.82. The predicted molar refractivity (Wildman–Crippen MR) is 110 cm³/mol. The van der Waals surface area contributed by atoms with Gasteiger partial charge >= 0.3 is 0 Å². The van der Waals surface area contributed by atoms with Crippen LogP contribution in [0, 0.1) is 0 Å². The van der Waals surface area contributed by atoms with E-state index in [1.807, 2.05) is 12.1 Å². The first-order valence-corrected chi connectivity index (χ1v) is 10.5. The van der Waals surface area contributed by atoms with E-state index in [1.165, 1.54) is 11.1 Å². The highest BCUT2D eigenvalue weighted by atomic mass is 16.2. The van der Waals surface area contributed by atoms with Crippen LogP contribution in [-0.4, -0.2) is 68.1 Å². The molecular formula is C21H33N5O2. The summed E-state index contributed by atoms with van der Waals surface area (Å²) in [6.07, 6.45) is 4.00. The van der Waals surface area contributed by atoms with Gasteiger partial charge < -0.3 is 21.7 Å². The summed E-state index contributed by atoms with van der Waals surface area (Å²) in [6.45, 7) is 4.49. The minimum Gasteiger partial charge on any atom is -0.351 e. The molecule has 7 nitrogen and oxygen atoms in total. The molecule has 3 rings (SSSR count). The molecule has 1 aliphatic carbocycles. The van der Waals surface area contributed by atoms with Crippen LogP contribution in [0.1, 0.15) is 30.4 Å². The summed E-state index contributed by atoms with van der Waals surface area (Å²) in [7, 11) is 0. The number of rotatable bonds is 8. The fraction of sp³-hybridized carbons (Fsp3) is 0.619. The Morgan fingerprint density at radius 2 is 1.93 bits per heavy atom. The molecule has 1 fully saturated rings. The Bertz CT molecular complexity index is 633. The Hall–Kier alpha value is -1.96. The van der Waals surface area contributed by atoms with Crippen molar-refractivity contribution in [3.8, 4) is 0 Å².